The molecule has 2 N–H and O–H groups in total. The van der Waals surface area contributed by atoms with Gasteiger partial charge in [-0.3, -0.25) is 4.90 Å². The summed E-state index contributed by atoms with van der Waals surface area (Å²) in [5.41, 5.74) is 7.31. The van der Waals surface area contributed by atoms with Crippen LogP contribution < -0.4 is 5.73 Å². The number of hydrogen-bond donors (Lipinski definition) is 1. The number of rotatable bonds is 6. The Bertz CT molecular complexity index is 442. The number of nitrogens with two attached hydrogens (primary N) is 1. The molecule has 1 aromatic rings. The molecule has 0 aromatic heterocycles. The van der Waals surface area contributed by atoms with Gasteiger partial charge in [-0.2, -0.15) is 0 Å². The van der Waals surface area contributed by atoms with Crippen LogP contribution in [0.3, 0.4) is 0 Å². The normalized spacial score (nSPS) is 26.0. The number of likely N-dealkylation sites (tertiary alicyclic amines) is 1. The van der Waals surface area contributed by atoms with Gasteiger partial charge in [-0.05, 0) is 31.0 Å². The van der Waals surface area contributed by atoms with Crippen molar-refractivity contribution in [2.24, 2.45) is 5.73 Å². The van der Waals surface area contributed by atoms with Crippen molar-refractivity contribution < 1.29 is 9.47 Å². The molecule has 0 aliphatic carbocycles. The van der Waals surface area contributed by atoms with Crippen LogP contribution in [-0.2, 0) is 15.9 Å². The van der Waals surface area contributed by atoms with Crippen LogP contribution in [0.25, 0.3) is 0 Å². The van der Waals surface area contributed by atoms with Crippen molar-refractivity contribution in [3.63, 3.8) is 0 Å². The molecule has 0 spiro atoms. The number of benzene rings is 1. The van der Waals surface area contributed by atoms with Crippen LogP contribution in [0.15, 0.2) is 28.7 Å². The van der Waals surface area contributed by atoms with Gasteiger partial charge in [0.25, 0.3) is 0 Å². The molecule has 3 unspecified atom stereocenters. The minimum absolute atomic E-state index is 0.0854. The van der Waals surface area contributed by atoms with Crippen molar-refractivity contribution in [3.05, 3.63) is 34.3 Å². The van der Waals surface area contributed by atoms with Crippen LogP contribution in [-0.4, -0.2) is 56.5 Å². The summed E-state index contributed by atoms with van der Waals surface area (Å²) in [6, 6.07) is 8.45. The van der Waals surface area contributed by atoms with E-state index in [1.165, 1.54) is 5.56 Å². The minimum atomic E-state index is -0.0854. The van der Waals surface area contributed by atoms with E-state index in [2.05, 4.69) is 52.0 Å². The molecule has 1 fully saturated rings. The third kappa shape index (κ3) is 3.85. The Kier molecular flexibility index (Phi) is 5.80. The monoisotopic (exact) mass is 356 g/mol. The summed E-state index contributed by atoms with van der Waals surface area (Å²) in [7, 11) is 3.49. The number of nitrogens with zero attached hydrogens (tertiary/aromatic N) is 1. The second kappa shape index (κ2) is 7.20. The van der Waals surface area contributed by atoms with Gasteiger partial charge in [-0.25, -0.2) is 0 Å². The topological polar surface area (TPSA) is 47.7 Å². The Balaban J connectivity index is 2.12. The van der Waals surface area contributed by atoms with E-state index in [-0.39, 0.29) is 17.7 Å². The minimum Gasteiger partial charge on any atom is -0.377 e. The van der Waals surface area contributed by atoms with E-state index in [0.717, 1.165) is 24.0 Å². The summed E-state index contributed by atoms with van der Waals surface area (Å²) in [6.45, 7) is 4.55. The molecule has 4 nitrogen and oxygen atoms in total. The molecular weight excluding hydrogens is 332 g/mol. The van der Waals surface area contributed by atoms with E-state index in [1.54, 1.807) is 14.2 Å². The van der Waals surface area contributed by atoms with E-state index in [0.29, 0.717) is 6.54 Å². The van der Waals surface area contributed by atoms with Crippen LogP contribution in [0.2, 0.25) is 0 Å². The quantitative estimate of drug-likeness (QED) is 0.847. The summed E-state index contributed by atoms with van der Waals surface area (Å²) in [5.74, 6) is 0. The SMILES string of the molecule is COC1CN(C(C)(CN)Cc2ccc(Br)cc2)CC1OC. The highest BCUT2D eigenvalue weighted by Gasteiger charge is 2.41. The Hall–Kier alpha value is -0.460. The van der Waals surface area contributed by atoms with Gasteiger partial charge in [0.1, 0.15) is 0 Å². The first-order valence-corrected chi connectivity index (χ1v) is 8.07. The fourth-order valence-corrected chi connectivity index (χ4v) is 3.26. The molecule has 1 aliphatic heterocycles. The predicted molar refractivity (Wildman–Crippen MR) is 88.5 cm³/mol. The molecule has 0 bridgehead atoms. The van der Waals surface area contributed by atoms with E-state index in [1.807, 2.05) is 0 Å². The molecule has 1 aromatic carbocycles. The highest BCUT2D eigenvalue weighted by atomic mass is 79.9. The highest BCUT2D eigenvalue weighted by molar-refractivity contribution is 9.10. The molecule has 118 valence electrons. The van der Waals surface area contributed by atoms with E-state index < -0.39 is 0 Å². The lowest BCUT2D eigenvalue weighted by molar-refractivity contribution is -0.00461. The first-order valence-electron chi connectivity index (χ1n) is 7.27. The Labute approximate surface area is 135 Å². The number of methoxy groups -OCH3 is 2. The van der Waals surface area contributed by atoms with Crippen molar-refractivity contribution in [2.45, 2.75) is 31.1 Å². The van der Waals surface area contributed by atoms with Gasteiger partial charge in [-0.15, -0.1) is 0 Å². The number of halogens is 1. The summed E-state index contributed by atoms with van der Waals surface area (Å²) in [4.78, 5) is 2.40. The second-order valence-electron chi connectivity index (χ2n) is 5.96. The van der Waals surface area contributed by atoms with Gasteiger partial charge in [0.2, 0.25) is 0 Å². The summed E-state index contributed by atoms with van der Waals surface area (Å²) >= 11 is 3.47. The summed E-state index contributed by atoms with van der Waals surface area (Å²) < 4.78 is 12.2. The lowest BCUT2D eigenvalue weighted by Gasteiger charge is -2.38. The molecular formula is C16H25BrN2O2. The van der Waals surface area contributed by atoms with E-state index in [9.17, 15) is 0 Å². The Morgan fingerprint density at radius 3 is 2.14 bits per heavy atom. The lowest BCUT2D eigenvalue weighted by Crippen LogP contribution is -2.52. The van der Waals surface area contributed by atoms with Crippen molar-refractivity contribution in [1.82, 2.24) is 4.90 Å². The maximum atomic E-state index is 6.11. The van der Waals surface area contributed by atoms with Gasteiger partial charge in [-0.1, -0.05) is 28.1 Å². The average molecular weight is 357 g/mol. The zero-order chi connectivity index (χ0) is 15.5. The first kappa shape index (κ1) is 16.9. The molecule has 0 radical (unpaired) electrons. The van der Waals surface area contributed by atoms with Crippen LogP contribution >= 0.6 is 15.9 Å². The van der Waals surface area contributed by atoms with Gasteiger partial charge < -0.3 is 15.2 Å². The van der Waals surface area contributed by atoms with Gasteiger partial charge in [0.05, 0.1) is 12.2 Å². The van der Waals surface area contributed by atoms with Crippen LogP contribution in [0.4, 0.5) is 0 Å². The third-order valence-electron chi connectivity index (χ3n) is 4.52. The lowest BCUT2D eigenvalue weighted by atomic mass is 9.91. The molecule has 0 saturated carbocycles. The van der Waals surface area contributed by atoms with Crippen LogP contribution in [0.1, 0.15) is 12.5 Å². The maximum Gasteiger partial charge on any atom is 0.0972 e. The largest absolute Gasteiger partial charge is 0.377 e. The molecule has 2 rings (SSSR count). The summed E-state index contributed by atoms with van der Waals surface area (Å²) in [5, 5.41) is 0. The predicted octanol–water partition coefficient (Wildman–Crippen LogP) is 2.05. The third-order valence-corrected chi connectivity index (χ3v) is 5.05. The van der Waals surface area contributed by atoms with Crippen molar-refractivity contribution in [1.29, 1.82) is 0 Å². The van der Waals surface area contributed by atoms with E-state index >= 15 is 0 Å². The molecule has 1 heterocycles. The number of hydrogen-bond acceptors (Lipinski definition) is 4. The zero-order valence-corrected chi connectivity index (χ0v) is 14.6. The number of ether oxygens (including phenoxy) is 2. The molecule has 0 amide bonds. The zero-order valence-electron chi connectivity index (χ0n) is 13.0. The summed E-state index contributed by atoms with van der Waals surface area (Å²) in [6.07, 6.45) is 1.15. The molecule has 3 atom stereocenters. The average Bonchev–Trinajstić information content (AvgIpc) is 2.93. The van der Waals surface area contributed by atoms with Crippen molar-refractivity contribution in [3.8, 4) is 0 Å². The van der Waals surface area contributed by atoms with Gasteiger partial charge in [0.15, 0.2) is 0 Å². The molecule has 5 heteroatoms. The molecule has 1 aliphatic rings. The first-order chi connectivity index (χ1) is 10.0. The molecule has 21 heavy (non-hydrogen) atoms. The van der Waals surface area contributed by atoms with Crippen molar-refractivity contribution in [2.75, 3.05) is 33.9 Å². The Morgan fingerprint density at radius 2 is 1.71 bits per heavy atom. The van der Waals surface area contributed by atoms with E-state index in [4.69, 9.17) is 15.2 Å². The Morgan fingerprint density at radius 1 is 1.19 bits per heavy atom. The second-order valence-corrected chi connectivity index (χ2v) is 6.87. The standard InChI is InChI=1S/C16H25BrN2O2/c1-16(11-18,8-12-4-6-13(17)7-5-12)19-9-14(20-2)15(10-19)21-3/h4-7,14-15H,8-11,18H2,1-3H3. The van der Waals surface area contributed by atoms with Gasteiger partial charge in [0, 0.05) is 43.9 Å². The van der Waals surface area contributed by atoms with Crippen LogP contribution in [0, 0.1) is 0 Å². The molecule has 1 saturated heterocycles. The van der Waals surface area contributed by atoms with Gasteiger partial charge >= 0.3 is 0 Å². The smallest absolute Gasteiger partial charge is 0.0972 e. The van der Waals surface area contributed by atoms with Crippen molar-refractivity contribution >= 4 is 15.9 Å². The fraction of sp³-hybridized carbons (Fsp3) is 0.625. The maximum absolute atomic E-state index is 6.11. The fourth-order valence-electron chi connectivity index (χ4n) is 2.99. The highest BCUT2D eigenvalue weighted by Crippen LogP contribution is 2.27. The van der Waals surface area contributed by atoms with Crippen LogP contribution in [0.5, 0.6) is 0 Å².